The van der Waals surface area contributed by atoms with Crippen molar-refractivity contribution in [1.29, 1.82) is 0 Å². The molecule has 1 aromatic carbocycles. The van der Waals surface area contributed by atoms with Crippen LogP contribution in [0.5, 0.6) is 0 Å². The highest BCUT2D eigenvalue weighted by Gasteiger charge is 2.15. The van der Waals surface area contributed by atoms with Gasteiger partial charge in [-0.15, -0.1) is 0 Å². The molecule has 0 saturated heterocycles. The predicted octanol–water partition coefficient (Wildman–Crippen LogP) is 4.90. The highest BCUT2D eigenvalue weighted by Crippen LogP contribution is 2.32. The summed E-state index contributed by atoms with van der Waals surface area (Å²) in [5.41, 5.74) is 4.46. The molecule has 0 aliphatic rings. The van der Waals surface area contributed by atoms with E-state index in [9.17, 15) is 0 Å². The molecule has 0 saturated carbocycles. The summed E-state index contributed by atoms with van der Waals surface area (Å²) >= 11 is 0. The minimum atomic E-state index is 0.605. The maximum atomic E-state index is 2.27. The molecule has 0 bridgehead atoms. The van der Waals surface area contributed by atoms with Crippen LogP contribution in [0.2, 0.25) is 0 Å². The number of rotatable bonds is 3. The maximum absolute atomic E-state index is 2.27. The van der Waals surface area contributed by atoms with Gasteiger partial charge in [-0.2, -0.15) is 0 Å². The van der Waals surface area contributed by atoms with Gasteiger partial charge in [0.1, 0.15) is 0 Å². The highest BCUT2D eigenvalue weighted by molar-refractivity contribution is 5.46. The second-order valence-corrected chi connectivity index (χ2v) is 5.12. The first-order valence-corrected chi connectivity index (χ1v) is 5.88. The van der Waals surface area contributed by atoms with Crippen LogP contribution in [0.3, 0.4) is 0 Å². The third-order valence-electron chi connectivity index (χ3n) is 2.87. The second kappa shape index (κ2) is 4.83. The van der Waals surface area contributed by atoms with Crippen LogP contribution in [0.15, 0.2) is 18.2 Å². The first-order chi connectivity index (χ1) is 6.95. The zero-order valence-electron chi connectivity index (χ0n) is 10.9. The van der Waals surface area contributed by atoms with E-state index in [1.165, 1.54) is 22.6 Å². The van der Waals surface area contributed by atoms with Crippen molar-refractivity contribution in [2.45, 2.75) is 53.4 Å². The fourth-order valence-corrected chi connectivity index (χ4v) is 2.13. The maximum Gasteiger partial charge on any atom is -0.000618 e. The van der Waals surface area contributed by atoms with Crippen LogP contribution in [0.1, 0.15) is 70.1 Å². The van der Waals surface area contributed by atoms with Crippen molar-refractivity contribution in [1.82, 2.24) is 0 Å². The van der Waals surface area contributed by atoms with E-state index in [1.807, 2.05) is 0 Å². The van der Waals surface area contributed by atoms with E-state index in [-0.39, 0.29) is 0 Å². The molecule has 1 aromatic rings. The van der Waals surface area contributed by atoms with Crippen molar-refractivity contribution in [3.8, 4) is 0 Å². The molecule has 1 rings (SSSR count). The van der Waals surface area contributed by atoms with Gasteiger partial charge >= 0.3 is 0 Å². The van der Waals surface area contributed by atoms with E-state index in [1.54, 1.807) is 0 Å². The molecule has 0 aromatic heterocycles. The van der Waals surface area contributed by atoms with Gasteiger partial charge in [-0.25, -0.2) is 0 Å². The second-order valence-electron chi connectivity index (χ2n) is 5.12. The molecule has 0 unspecified atom stereocenters. The third kappa shape index (κ3) is 2.62. The van der Waals surface area contributed by atoms with Crippen LogP contribution < -0.4 is 0 Å². The molecule has 15 heavy (non-hydrogen) atoms. The summed E-state index contributed by atoms with van der Waals surface area (Å²) < 4.78 is 0. The van der Waals surface area contributed by atoms with Gasteiger partial charge in [0.25, 0.3) is 0 Å². The topological polar surface area (TPSA) is 0 Å². The monoisotopic (exact) mass is 203 g/mol. The number of hydrogen-bond donors (Lipinski definition) is 0. The smallest absolute Gasteiger partial charge is 0.000618 e. The lowest BCUT2D eigenvalue weighted by Crippen LogP contribution is -2.05. The Morgan fingerprint density at radius 3 is 1.53 bits per heavy atom. The van der Waals surface area contributed by atoms with Crippen LogP contribution >= 0.6 is 0 Å². The van der Waals surface area contributed by atoms with Crippen molar-refractivity contribution < 1.29 is 0 Å². The predicted molar refractivity (Wildman–Crippen MR) is 68.3 cm³/mol. The van der Waals surface area contributed by atoms with Crippen molar-refractivity contribution in [3.05, 3.63) is 40.8 Å². The molecule has 0 aliphatic carbocycles. The summed E-state index contributed by atoms with van der Waals surface area (Å²) in [6, 6.07) is 6.72. The Kier molecular flexibility index (Phi) is 3.96. The fraction of sp³-hybridized carbons (Fsp3) is 0.533. The molecule has 0 heteroatoms. The van der Waals surface area contributed by atoms with Crippen LogP contribution in [-0.4, -0.2) is 0 Å². The molecule has 1 radical (unpaired) electrons. The minimum Gasteiger partial charge on any atom is -0.0617 e. The molecule has 0 N–H and O–H groups in total. The van der Waals surface area contributed by atoms with Crippen LogP contribution in [-0.2, 0) is 0 Å². The Morgan fingerprint density at radius 2 is 1.27 bits per heavy atom. The Labute approximate surface area is 94.7 Å². The van der Waals surface area contributed by atoms with Crippen molar-refractivity contribution in [2.75, 3.05) is 0 Å². The van der Waals surface area contributed by atoms with Gasteiger partial charge in [0.05, 0.1) is 0 Å². The summed E-state index contributed by atoms with van der Waals surface area (Å²) in [6.07, 6.45) is 0. The van der Waals surface area contributed by atoms with Crippen molar-refractivity contribution in [2.24, 2.45) is 0 Å². The molecule has 0 aliphatic heterocycles. The zero-order chi connectivity index (χ0) is 11.6. The Balaban J connectivity index is 3.35. The first-order valence-electron chi connectivity index (χ1n) is 5.88. The van der Waals surface area contributed by atoms with Gasteiger partial charge in [0.15, 0.2) is 0 Å². The van der Waals surface area contributed by atoms with Gasteiger partial charge < -0.3 is 0 Å². The normalized spacial score (nSPS) is 11.8. The molecule has 0 amide bonds. The van der Waals surface area contributed by atoms with E-state index in [2.05, 4.69) is 59.7 Å². The van der Waals surface area contributed by atoms with Gasteiger partial charge in [-0.05, 0) is 34.4 Å². The molecule has 0 nitrogen and oxygen atoms in total. The largest absolute Gasteiger partial charge is 0.0617 e. The van der Waals surface area contributed by atoms with Crippen molar-refractivity contribution in [3.63, 3.8) is 0 Å². The molecule has 83 valence electrons. The Morgan fingerprint density at radius 1 is 0.867 bits per heavy atom. The van der Waals surface area contributed by atoms with Gasteiger partial charge in [-0.3, -0.25) is 0 Å². The molecular formula is C15H23. The summed E-state index contributed by atoms with van der Waals surface area (Å²) in [5, 5.41) is 0. The van der Waals surface area contributed by atoms with Gasteiger partial charge in [0, 0.05) is 0 Å². The van der Waals surface area contributed by atoms with E-state index < -0.39 is 0 Å². The van der Waals surface area contributed by atoms with Gasteiger partial charge in [-0.1, -0.05) is 59.7 Å². The lowest BCUT2D eigenvalue weighted by Gasteiger charge is -2.21. The molecule has 0 fully saturated rings. The van der Waals surface area contributed by atoms with E-state index in [0.29, 0.717) is 11.8 Å². The number of hydrogen-bond acceptors (Lipinski definition) is 0. The average Bonchev–Trinajstić information content (AvgIpc) is 2.16. The molecular weight excluding hydrogens is 180 g/mol. The lowest BCUT2D eigenvalue weighted by atomic mass is 9.83. The standard InChI is InChI=1S/C15H23/c1-10(2)13-8-7-9-14(11(3)4)15(13)12(5)6/h7-11H,1-6H3. The van der Waals surface area contributed by atoms with E-state index >= 15 is 0 Å². The highest BCUT2D eigenvalue weighted by atomic mass is 14.2. The minimum absolute atomic E-state index is 0.605. The number of benzene rings is 1. The average molecular weight is 203 g/mol. The van der Waals surface area contributed by atoms with Crippen LogP contribution in [0, 0.1) is 5.92 Å². The zero-order valence-corrected chi connectivity index (χ0v) is 10.9. The molecule has 0 atom stereocenters. The van der Waals surface area contributed by atoms with Gasteiger partial charge in [0.2, 0.25) is 0 Å². The fourth-order valence-electron chi connectivity index (χ4n) is 2.13. The Bertz CT molecular complexity index is 293. The molecule has 0 spiro atoms. The van der Waals surface area contributed by atoms with Crippen LogP contribution in [0.4, 0.5) is 0 Å². The van der Waals surface area contributed by atoms with Crippen LogP contribution in [0.25, 0.3) is 0 Å². The third-order valence-corrected chi connectivity index (χ3v) is 2.87. The van der Waals surface area contributed by atoms with E-state index in [4.69, 9.17) is 0 Å². The summed E-state index contributed by atoms with van der Waals surface area (Å²) in [6.45, 7) is 13.5. The Hall–Kier alpha value is -0.780. The van der Waals surface area contributed by atoms with Crippen molar-refractivity contribution >= 4 is 0 Å². The summed E-state index contributed by atoms with van der Waals surface area (Å²) in [4.78, 5) is 0. The first kappa shape index (κ1) is 12.3. The summed E-state index contributed by atoms with van der Waals surface area (Å²) in [5.74, 6) is 2.64. The van der Waals surface area contributed by atoms with E-state index in [0.717, 1.165) is 0 Å². The lowest BCUT2D eigenvalue weighted by molar-refractivity contribution is 0.807. The SMILES string of the molecule is C[C](C)c1c(C(C)C)cccc1C(C)C. The summed E-state index contributed by atoms with van der Waals surface area (Å²) in [7, 11) is 0. The quantitative estimate of drug-likeness (QED) is 0.655. The molecule has 0 heterocycles.